The zero-order valence-electron chi connectivity index (χ0n) is 24.4. The molecule has 2 aromatic carbocycles. The first-order chi connectivity index (χ1) is 17.7. The molecule has 0 aliphatic carbocycles. The first-order valence-electron chi connectivity index (χ1n) is 14.7. The predicted octanol–water partition coefficient (Wildman–Crippen LogP) is 9.87. The molecule has 0 bridgehead atoms. The van der Waals surface area contributed by atoms with E-state index in [1.807, 2.05) is 0 Å². The number of nitrogens with zero attached hydrogens (tertiary/aromatic N) is 2. The lowest BCUT2D eigenvalue weighted by Gasteiger charge is -2.36. The van der Waals surface area contributed by atoms with Crippen LogP contribution in [-0.4, -0.2) is 18.3 Å². The van der Waals surface area contributed by atoms with E-state index in [0.717, 1.165) is 36.4 Å². The fourth-order valence-electron chi connectivity index (χ4n) is 4.54. The van der Waals surface area contributed by atoms with Crippen LogP contribution in [0.1, 0.15) is 103 Å². The molecule has 0 aliphatic rings. The van der Waals surface area contributed by atoms with Gasteiger partial charge in [0.15, 0.2) is 0 Å². The monoisotopic (exact) mass is 518 g/mol. The minimum atomic E-state index is -1.91. The van der Waals surface area contributed by atoms with Crippen LogP contribution in [0.5, 0.6) is 5.75 Å². The largest absolute Gasteiger partial charge is 0.543 e. The third-order valence-corrected chi connectivity index (χ3v) is 12.3. The molecule has 0 fully saturated rings. The predicted molar refractivity (Wildman–Crippen MR) is 162 cm³/mol. The Morgan fingerprint density at radius 2 is 1.38 bits per heavy atom. The molecule has 0 aliphatic heterocycles. The van der Waals surface area contributed by atoms with Crippen molar-refractivity contribution in [1.82, 2.24) is 9.97 Å². The number of aromatic nitrogens is 2. The summed E-state index contributed by atoms with van der Waals surface area (Å²) in [4.78, 5) is 10.1. The molecule has 3 nitrogen and oxygen atoms in total. The maximum absolute atomic E-state index is 6.65. The number of benzene rings is 2. The molecule has 202 valence electrons. The maximum Gasteiger partial charge on any atom is 0.250 e. The SMILES string of the molecule is CCCCCCCCCCCc1nc(CCc2ccccc2)nc2ccc(O[Si](C)(C)C(C)(C)C)cc12. The van der Waals surface area contributed by atoms with Crippen LogP contribution >= 0.6 is 0 Å². The minimum Gasteiger partial charge on any atom is -0.543 e. The van der Waals surface area contributed by atoms with Gasteiger partial charge in [0.2, 0.25) is 8.32 Å². The molecule has 3 rings (SSSR count). The van der Waals surface area contributed by atoms with E-state index in [-0.39, 0.29) is 5.04 Å². The Labute approximate surface area is 227 Å². The van der Waals surface area contributed by atoms with E-state index >= 15 is 0 Å². The first kappa shape index (κ1) is 29.4. The lowest BCUT2D eigenvalue weighted by atomic mass is 10.0. The maximum atomic E-state index is 6.65. The second kappa shape index (κ2) is 14.1. The van der Waals surface area contributed by atoms with E-state index in [2.05, 4.69) is 89.3 Å². The average Bonchev–Trinajstić information content (AvgIpc) is 2.86. The average molecular weight is 519 g/mol. The molecule has 0 radical (unpaired) electrons. The van der Waals surface area contributed by atoms with Crippen molar-refractivity contribution < 1.29 is 4.43 Å². The van der Waals surface area contributed by atoms with Gasteiger partial charge in [-0.1, -0.05) is 109 Å². The highest BCUT2D eigenvalue weighted by Gasteiger charge is 2.39. The van der Waals surface area contributed by atoms with Gasteiger partial charge < -0.3 is 4.43 Å². The molecule has 4 heteroatoms. The van der Waals surface area contributed by atoms with Crippen molar-refractivity contribution in [3.8, 4) is 5.75 Å². The van der Waals surface area contributed by atoms with Crippen LogP contribution in [0.25, 0.3) is 10.9 Å². The van der Waals surface area contributed by atoms with Gasteiger partial charge in [-0.25, -0.2) is 9.97 Å². The topological polar surface area (TPSA) is 35.0 Å². The molecule has 1 heterocycles. The van der Waals surface area contributed by atoms with Crippen molar-refractivity contribution in [2.75, 3.05) is 0 Å². The number of hydrogen-bond acceptors (Lipinski definition) is 3. The van der Waals surface area contributed by atoms with E-state index in [9.17, 15) is 0 Å². The van der Waals surface area contributed by atoms with Crippen LogP contribution in [0.4, 0.5) is 0 Å². The Balaban J connectivity index is 1.73. The number of fused-ring (bicyclic) bond motifs is 1. The third kappa shape index (κ3) is 9.24. The molecule has 0 spiro atoms. The number of unbranched alkanes of at least 4 members (excludes halogenated alkanes) is 8. The molecule has 0 unspecified atom stereocenters. The van der Waals surface area contributed by atoms with Crippen molar-refractivity contribution >= 4 is 19.2 Å². The van der Waals surface area contributed by atoms with E-state index in [1.165, 1.54) is 74.4 Å². The van der Waals surface area contributed by atoms with Crippen molar-refractivity contribution in [2.24, 2.45) is 0 Å². The molecule has 0 saturated carbocycles. The van der Waals surface area contributed by atoms with Gasteiger partial charge in [0.1, 0.15) is 11.6 Å². The normalized spacial score (nSPS) is 12.3. The quantitative estimate of drug-likeness (QED) is 0.148. The van der Waals surface area contributed by atoms with Crippen LogP contribution in [0, 0.1) is 0 Å². The van der Waals surface area contributed by atoms with Gasteiger partial charge in [-0.3, -0.25) is 0 Å². The van der Waals surface area contributed by atoms with E-state index in [4.69, 9.17) is 14.4 Å². The smallest absolute Gasteiger partial charge is 0.250 e. The van der Waals surface area contributed by atoms with Gasteiger partial charge in [0, 0.05) is 11.8 Å². The summed E-state index contributed by atoms with van der Waals surface area (Å²) in [5.41, 5.74) is 3.58. The lowest BCUT2D eigenvalue weighted by Crippen LogP contribution is -2.43. The number of rotatable bonds is 15. The summed E-state index contributed by atoms with van der Waals surface area (Å²) >= 11 is 0. The Morgan fingerprint density at radius 1 is 0.730 bits per heavy atom. The summed E-state index contributed by atoms with van der Waals surface area (Å²) in [5, 5.41) is 1.33. The highest BCUT2D eigenvalue weighted by Crippen LogP contribution is 2.38. The van der Waals surface area contributed by atoms with Crippen LogP contribution < -0.4 is 4.43 Å². The zero-order valence-corrected chi connectivity index (χ0v) is 25.4. The van der Waals surface area contributed by atoms with Gasteiger partial charge in [0.05, 0.1) is 11.2 Å². The van der Waals surface area contributed by atoms with E-state index in [0.29, 0.717) is 0 Å². The Bertz CT molecular complexity index is 1090. The van der Waals surface area contributed by atoms with Crippen LogP contribution in [-0.2, 0) is 19.3 Å². The second-order valence-corrected chi connectivity index (χ2v) is 16.9. The van der Waals surface area contributed by atoms with E-state index in [1.54, 1.807) is 0 Å². The number of aryl methyl sites for hydroxylation is 3. The summed E-state index contributed by atoms with van der Waals surface area (Å²) < 4.78 is 6.65. The van der Waals surface area contributed by atoms with Crippen molar-refractivity contribution in [2.45, 2.75) is 123 Å². The fraction of sp³-hybridized carbons (Fsp3) is 0.576. The molecular weight excluding hydrogens is 468 g/mol. The molecule has 0 N–H and O–H groups in total. The summed E-state index contributed by atoms with van der Waals surface area (Å²) in [6.45, 7) is 13.8. The molecule has 1 aromatic heterocycles. The zero-order chi connectivity index (χ0) is 26.7. The Morgan fingerprint density at radius 3 is 2.03 bits per heavy atom. The number of hydrogen-bond donors (Lipinski definition) is 0. The minimum absolute atomic E-state index is 0.166. The van der Waals surface area contributed by atoms with Gasteiger partial charge in [-0.15, -0.1) is 0 Å². The van der Waals surface area contributed by atoms with Crippen LogP contribution in [0.2, 0.25) is 18.1 Å². The van der Waals surface area contributed by atoms with Gasteiger partial charge in [-0.05, 0) is 61.2 Å². The summed E-state index contributed by atoms with van der Waals surface area (Å²) in [7, 11) is -1.91. The molecule has 3 aromatic rings. The summed E-state index contributed by atoms with van der Waals surface area (Å²) in [6.07, 6.45) is 14.9. The van der Waals surface area contributed by atoms with Crippen LogP contribution in [0.3, 0.4) is 0 Å². The van der Waals surface area contributed by atoms with Crippen molar-refractivity contribution in [3.05, 3.63) is 65.6 Å². The lowest BCUT2D eigenvalue weighted by molar-refractivity contribution is 0.492. The molecule has 0 saturated heterocycles. The third-order valence-electron chi connectivity index (χ3n) is 7.97. The fourth-order valence-corrected chi connectivity index (χ4v) is 5.56. The first-order valence-corrected chi connectivity index (χ1v) is 17.6. The summed E-state index contributed by atoms with van der Waals surface area (Å²) in [5.74, 6) is 1.92. The van der Waals surface area contributed by atoms with E-state index < -0.39 is 8.32 Å². The second-order valence-electron chi connectivity index (χ2n) is 12.2. The molecular formula is C33H50N2OSi. The molecule has 0 amide bonds. The standard InChI is InChI=1S/C33H50N2OSi/c1-7-8-9-10-11-12-13-14-18-21-30-29-26-28(36-37(5,6)33(2,3)4)23-24-31(29)35-32(34-30)25-22-27-19-16-15-17-20-27/h15-17,19-20,23-24,26H,7-14,18,21-22,25H2,1-6H3. The van der Waals surface area contributed by atoms with Gasteiger partial charge in [0.25, 0.3) is 0 Å². The van der Waals surface area contributed by atoms with Gasteiger partial charge >= 0.3 is 0 Å². The highest BCUT2D eigenvalue weighted by atomic mass is 28.4. The Hall–Kier alpha value is -2.20. The van der Waals surface area contributed by atoms with Crippen molar-refractivity contribution in [1.29, 1.82) is 0 Å². The molecule has 0 atom stereocenters. The Kier molecular flexibility index (Phi) is 11.2. The highest BCUT2D eigenvalue weighted by molar-refractivity contribution is 6.74. The van der Waals surface area contributed by atoms with Gasteiger partial charge in [-0.2, -0.15) is 0 Å². The summed E-state index contributed by atoms with van der Waals surface area (Å²) in [6, 6.07) is 17.1. The molecule has 37 heavy (non-hydrogen) atoms. The van der Waals surface area contributed by atoms with Crippen LogP contribution in [0.15, 0.2) is 48.5 Å². The van der Waals surface area contributed by atoms with Crippen molar-refractivity contribution in [3.63, 3.8) is 0 Å².